The first-order chi connectivity index (χ1) is 13.4. The Morgan fingerprint density at radius 3 is 2.18 bits per heavy atom. The summed E-state index contributed by atoms with van der Waals surface area (Å²) >= 11 is 0. The van der Waals surface area contributed by atoms with E-state index >= 15 is 0 Å². The molecule has 1 aliphatic heterocycles. The standard InChI is InChI=1S/C22H25N3O3/c1-15-5-6-18(13-16(15)2)21(27)23-14-20(26)24-19-9-7-17(8-10-19)22(28)25-11-3-4-12-25/h5-10,13H,3-4,11-12,14H2,1-2H3,(H,23,27)(H,24,26). The summed E-state index contributed by atoms with van der Waals surface area (Å²) in [6.07, 6.45) is 2.10. The third-order valence-corrected chi connectivity index (χ3v) is 4.99. The Hall–Kier alpha value is -3.15. The fraction of sp³-hybridized carbons (Fsp3) is 0.318. The van der Waals surface area contributed by atoms with Crippen LogP contribution in [0, 0.1) is 13.8 Å². The van der Waals surface area contributed by atoms with E-state index in [0.717, 1.165) is 37.1 Å². The van der Waals surface area contributed by atoms with E-state index in [0.29, 0.717) is 16.8 Å². The Morgan fingerprint density at radius 1 is 0.893 bits per heavy atom. The zero-order valence-corrected chi connectivity index (χ0v) is 16.2. The smallest absolute Gasteiger partial charge is 0.253 e. The Morgan fingerprint density at radius 2 is 1.54 bits per heavy atom. The molecular weight excluding hydrogens is 354 g/mol. The highest BCUT2D eigenvalue weighted by Gasteiger charge is 2.19. The van der Waals surface area contributed by atoms with Crippen LogP contribution in [0.1, 0.15) is 44.7 Å². The number of nitrogens with zero attached hydrogens (tertiary/aromatic N) is 1. The largest absolute Gasteiger partial charge is 0.343 e. The minimum Gasteiger partial charge on any atom is -0.343 e. The molecule has 0 atom stereocenters. The average Bonchev–Trinajstić information content (AvgIpc) is 3.23. The quantitative estimate of drug-likeness (QED) is 0.838. The SMILES string of the molecule is Cc1ccc(C(=O)NCC(=O)Nc2ccc(C(=O)N3CCCC3)cc2)cc1C. The molecule has 3 rings (SSSR count). The van der Waals surface area contributed by atoms with E-state index in [1.807, 2.05) is 24.8 Å². The van der Waals surface area contributed by atoms with Crippen molar-refractivity contribution in [3.63, 3.8) is 0 Å². The second-order valence-corrected chi connectivity index (χ2v) is 7.11. The maximum absolute atomic E-state index is 12.3. The molecule has 2 N–H and O–H groups in total. The highest BCUT2D eigenvalue weighted by atomic mass is 16.2. The van der Waals surface area contributed by atoms with Gasteiger partial charge in [-0.25, -0.2) is 0 Å². The van der Waals surface area contributed by atoms with Gasteiger partial charge in [0.25, 0.3) is 11.8 Å². The average molecular weight is 379 g/mol. The van der Waals surface area contributed by atoms with Gasteiger partial charge in [0.2, 0.25) is 5.91 Å². The van der Waals surface area contributed by atoms with E-state index in [2.05, 4.69) is 10.6 Å². The van der Waals surface area contributed by atoms with Crippen molar-refractivity contribution < 1.29 is 14.4 Å². The van der Waals surface area contributed by atoms with Gasteiger partial charge in [-0.1, -0.05) is 6.07 Å². The van der Waals surface area contributed by atoms with Gasteiger partial charge in [-0.2, -0.15) is 0 Å². The van der Waals surface area contributed by atoms with Gasteiger partial charge >= 0.3 is 0 Å². The molecule has 0 aromatic heterocycles. The summed E-state index contributed by atoms with van der Waals surface area (Å²) in [5, 5.41) is 5.35. The lowest BCUT2D eigenvalue weighted by atomic mass is 10.1. The predicted molar refractivity (Wildman–Crippen MR) is 108 cm³/mol. The van der Waals surface area contributed by atoms with Crippen LogP contribution in [0.15, 0.2) is 42.5 Å². The number of nitrogens with one attached hydrogen (secondary N) is 2. The van der Waals surface area contributed by atoms with Gasteiger partial charge in [0, 0.05) is 29.9 Å². The van der Waals surface area contributed by atoms with E-state index in [4.69, 9.17) is 0 Å². The zero-order chi connectivity index (χ0) is 20.1. The van der Waals surface area contributed by atoms with Crippen molar-refractivity contribution >= 4 is 23.4 Å². The highest BCUT2D eigenvalue weighted by Crippen LogP contribution is 2.15. The number of carbonyl (C=O) groups is 3. The minimum absolute atomic E-state index is 0.0241. The van der Waals surface area contributed by atoms with Crippen molar-refractivity contribution in [3.05, 3.63) is 64.7 Å². The van der Waals surface area contributed by atoms with Gasteiger partial charge in [-0.05, 0) is 74.2 Å². The minimum atomic E-state index is -0.323. The Kier molecular flexibility index (Phi) is 6.09. The van der Waals surface area contributed by atoms with Crippen LogP contribution in [0.3, 0.4) is 0 Å². The first-order valence-corrected chi connectivity index (χ1v) is 9.48. The van der Waals surface area contributed by atoms with E-state index in [1.54, 1.807) is 36.4 Å². The lowest BCUT2D eigenvalue weighted by Gasteiger charge is -2.15. The van der Waals surface area contributed by atoms with Crippen molar-refractivity contribution in [2.45, 2.75) is 26.7 Å². The molecular formula is C22H25N3O3. The van der Waals surface area contributed by atoms with Crippen molar-refractivity contribution in [2.24, 2.45) is 0 Å². The van der Waals surface area contributed by atoms with Crippen LogP contribution >= 0.6 is 0 Å². The van der Waals surface area contributed by atoms with Crippen LogP contribution in [0.4, 0.5) is 5.69 Å². The van der Waals surface area contributed by atoms with Gasteiger partial charge in [0.05, 0.1) is 6.54 Å². The van der Waals surface area contributed by atoms with Crippen LogP contribution in [-0.2, 0) is 4.79 Å². The maximum Gasteiger partial charge on any atom is 0.253 e. The van der Waals surface area contributed by atoms with E-state index in [1.165, 1.54) is 0 Å². The van der Waals surface area contributed by atoms with Crippen LogP contribution in [0.5, 0.6) is 0 Å². The summed E-state index contributed by atoms with van der Waals surface area (Å²) in [6, 6.07) is 12.3. The number of amides is 3. The molecule has 146 valence electrons. The number of benzene rings is 2. The number of likely N-dealkylation sites (tertiary alicyclic amines) is 1. The lowest BCUT2D eigenvalue weighted by molar-refractivity contribution is -0.115. The number of carbonyl (C=O) groups excluding carboxylic acids is 3. The Balaban J connectivity index is 1.51. The molecule has 0 bridgehead atoms. The number of hydrogen-bond acceptors (Lipinski definition) is 3. The topological polar surface area (TPSA) is 78.5 Å². The second kappa shape index (κ2) is 8.69. The molecule has 6 nitrogen and oxygen atoms in total. The molecule has 0 saturated carbocycles. The summed E-state index contributed by atoms with van der Waals surface area (Å²) in [5.74, 6) is -0.586. The van der Waals surface area contributed by atoms with E-state index in [-0.39, 0.29) is 24.3 Å². The van der Waals surface area contributed by atoms with Gasteiger partial charge < -0.3 is 15.5 Å². The molecule has 0 aliphatic carbocycles. The number of hydrogen-bond donors (Lipinski definition) is 2. The molecule has 3 amide bonds. The molecule has 2 aromatic rings. The Bertz CT molecular complexity index is 884. The predicted octanol–water partition coefficient (Wildman–Crippen LogP) is 2.91. The summed E-state index contributed by atoms with van der Waals surface area (Å²) < 4.78 is 0. The summed E-state index contributed by atoms with van der Waals surface area (Å²) in [5.41, 5.74) is 3.87. The van der Waals surface area contributed by atoms with Gasteiger partial charge in [0.1, 0.15) is 0 Å². The first kappa shape index (κ1) is 19.6. The van der Waals surface area contributed by atoms with E-state index < -0.39 is 0 Å². The molecule has 0 unspecified atom stereocenters. The summed E-state index contributed by atoms with van der Waals surface area (Å²) in [6.45, 7) is 5.40. The Labute approximate surface area is 164 Å². The van der Waals surface area contributed by atoms with Crippen LogP contribution in [0.2, 0.25) is 0 Å². The van der Waals surface area contributed by atoms with Gasteiger partial charge in [-0.3, -0.25) is 14.4 Å². The molecule has 1 saturated heterocycles. The third kappa shape index (κ3) is 4.76. The van der Waals surface area contributed by atoms with Gasteiger partial charge in [-0.15, -0.1) is 0 Å². The number of rotatable bonds is 5. The molecule has 1 aliphatic rings. The second-order valence-electron chi connectivity index (χ2n) is 7.11. The fourth-order valence-electron chi connectivity index (χ4n) is 3.15. The molecule has 0 radical (unpaired) electrons. The molecule has 0 spiro atoms. The number of anilines is 1. The van der Waals surface area contributed by atoms with Crippen LogP contribution < -0.4 is 10.6 Å². The first-order valence-electron chi connectivity index (χ1n) is 9.48. The van der Waals surface area contributed by atoms with Crippen molar-refractivity contribution in [2.75, 3.05) is 25.0 Å². The monoisotopic (exact) mass is 379 g/mol. The fourth-order valence-corrected chi connectivity index (χ4v) is 3.15. The van der Waals surface area contributed by atoms with Crippen molar-refractivity contribution in [1.29, 1.82) is 0 Å². The van der Waals surface area contributed by atoms with Crippen molar-refractivity contribution in [3.8, 4) is 0 Å². The maximum atomic E-state index is 12.3. The molecule has 1 fully saturated rings. The van der Waals surface area contributed by atoms with Crippen LogP contribution in [0.25, 0.3) is 0 Å². The van der Waals surface area contributed by atoms with Crippen LogP contribution in [-0.4, -0.2) is 42.3 Å². The summed E-state index contributed by atoms with van der Waals surface area (Å²) in [7, 11) is 0. The molecule has 28 heavy (non-hydrogen) atoms. The molecule has 2 aromatic carbocycles. The van der Waals surface area contributed by atoms with E-state index in [9.17, 15) is 14.4 Å². The summed E-state index contributed by atoms with van der Waals surface area (Å²) in [4.78, 5) is 38.4. The third-order valence-electron chi connectivity index (χ3n) is 4.99. The molecule has 6 heteroatoms. The zero-order valence-electron chi connectivity index (χ0n) is 16.2. The van der Waals surface area contributed by atoms with Crippen molar-refractivity contribution in [1.82, 2.24) is 10.2 Å². The normalized spacial score (nSPS) is 13.3. The number of aryl methyl sites for hydroxylation is 2. The lowest BCUT2D eigenvalue weighted by Crippen LogP contribution is -2.33. The molecule has 1 heterocycles. The van der Waals surface area contributed by atoms with Gasteiger partial charge in [0.15, 0.2) is 0 Å². The highest BCUT2D eigenvalue weighted by molar-refractivity contribution is 6.00.